The van der Waals surface area contributed by atoms with E-state index in [0.29, 0.717) is 4.57 Å². The molecule has 1 aromatic heterocycles. The van der Waals surface area contributed by atoms with Gasteiger partial charge in [-0.2, -0.15) is 8.78 Å². The number of nitrogens with one attached hydrogen (secondary N) is 1. The number of nitrogens with zero attached hydrogens (tertiary/aromatic N) is 1. The van der Waals surface area contributed by atoms with Crippen molar-refractivity contribution in [1.29, 1.82) is 0 Å². The molecule has 32 heavy (non-hydrogen) atoms. The van der Waals surface area contributed by atoms with Gasteiger partial charge in [0.1, 0.15) is 18.3 Å². The van der Waals surface area contributed by atoms with Crippen molar-refractivity contribution in [2.45, 2.75) is 36.9 Å². The standard InChI is InChI=1S/C11H17F2N2O14P3/c1-4-2-15(10(19)14-8(4)18)9-7(17)6(16)5(28-9)3-27-32(25,26)29-31(23,24)11(12,13)30(20,21)22/h2,5-7,9,16-17H,3H2,1H3,(H,23,24)(H,25,26)(H,14,18,19)(H2,20,21,22)/p-4/t5-,6-,7-,9-/m1/s1. The zero-order chi connectivity index (χ0) is 24.9. The normalized spacial score (nSPS) is 28.3. The highest BCUT2D eigenvalue weighted by Crippen LogP contribution is 2.72. The van der Waals surface area contributed by atoms with E-state index in [2.05, 4.69) is 8.83 Å². The second kappa shape index (κ2) is 8.91. The molecule has 1 aliphatic rings. The van der Waals surface area contributed by atoms with E-state index < -0.39 is 70.8 Å². The van der Waals surface area contributed by atoms with Crippen LogP contribution in [-0.2, 0) is 27.3 Å². The second-order valence-electron chi connectivity index (χ2n) is 6.35. The molecule has 1 fully saturated rings. The number of aryl methyl sites for hydroxylation is 1. The number of H-pyrrole nitrogens is 1. The van der Waals surface area contributed by atoms with Gasteiger partial charge in [-0.3, -0.25) is 23.2 Å². The summed E-state index contributed by atoms with van der Waals surface area (Å²) >= 11 is 0. The van der Waals surface area contributed by atoms with Gasteiger partial charge in [-0.1, -0.05) is 0 Å². The largest absolute Gasteiger partial charge is 0.806 e. The quantitative estimate of drug-likeness (QED) is 0.271. The van der Waals surface area contributed by atoms with Gasteiger partial charge >= 0.3 is 11.1 Å². The van der Waals surface area contributed by atoms with Crippen LogP contribution in [0, 0.1) is 6.92 Å². The molecular weight excluding hydrogens is 515 g/mol. The molecule has 184 valence electrons. The maximum Gasteiger partial charge on any atom is 0.332 e. The monoisotopic (exact) mass is 528 g/mol. The number of rotatable bonds is 8. The SMILES string of the molecule is Cc1cn([C@@H]2O[C@H](COP(=O)([O-])OP(=O)([O-])C(F)(F)P(=O)([O-])[O-])[C@@H](O)[C@H]2O)c(=O)[nH]c1=O. The van der Waals surface area contributed by atoms with Gasteiger partial charge in [0, 0.05) is 19.4 Å². The van der Waals surface area contributed by atoms with Crippen molar-refractivity contribution < 1.29 is 65.8 Å². The Morgan fingerprint density at radius 3 is 2.28 bits per heavy atom. The van der Waals surface area contributed by atoms with Gasteiger partial charge in [-0.25, -0.2) is 4.79 Å². The van der Waals surface area contributed by atoms with E-state index >= 15 is 0 Å². The fourth-order valence-corrected chi connectivity index (χ4v) is 5.88. The van der Waals surface area contributed by atoms with Crippen LogP contribution < -0.4 is 30.8 Å². The predicted octanol–water partition coefficient (Wildman–Crippen LogP) is -4.02. The number of phosphoric acid groups is 1. The molecule has 0 amide bonds. The minimum atomic E-state index is -7.21. The highest BCUT2D eigenvalue weighted by molar-refractivity contribution is 7.73. The lowest BCUT2D eigenvalue weighted by Gasteiger charge is -2.45. The minimum absolute atomic E-state index is 0.0202. The molecule has 2 unspecified atom stereocenters. The first kappa shape index (κ1) is 27.1. The van der Waals surface area contributed by atoms with Gasteiger partial charge in [0.05, 0.1) is 6.61 Å². The van der Waals surface area contributed by atoms with E-state index in [0.717, 1.165) is 6.20 Å². The lowest BCUT2D eigenvalue weighted by Crippen LogP contribution is -2.38. The van der Waals surface area contributed by atoms with Crippen LogP contribution in [-0.4, -0.2) is 50.1 Å². The van der Waals surface area contributed by atoms with E-state index in [1.165, 1.54) is 6.92 Å². The molecule has 0 bridgehead atoms. The van der Waals surface area contributed by atoms with E-state index in [1.807, 2.05) is 4.98 Å². The summed E-state index contributed by atoms with van der Waals surface area (Å²) in [5, 5.41) is 13.8. The van der Waals surface area contributed by atoms with Gasteiger partial charge in [-0.05, 0) is 6.92 Å². The van der Waals surface area contributed by atoms with Crippen LogP contribution in [0.4, 0.5) is 8.78 Å². The van der Waals surface area contributed by atoms with Gasteiger partial charge < -0.3 is 48.2 Å². The Balaban J connectivity index is 2.15. The summed E-state index contributed by atoms with van der Waals surface area (Å²) in [6.07, 6.45) is -6.48. The number of phosphoric ester groups is 1. The van der Waals surface area contributed by atoms with E-state index in [-0.39, 0.29) is 5.56 Å². The van der Waals surface area contributed by atoms with Gasteiger partial charge in [-0.15, -0.1) is 0 Å². The van der Waals surface area contributed by atoms with Crippen molar-refractivity contribution in [2.75, 3.05) is 6.61 Å². The van der Waals surface area contributed by atoms with E-state index in [1.54, 1.807) is 0 Å². The lowest BCUT2D eigenvalue weighted by molar-refractivity contribution is -0.331. The molecule has 6 atom stereocenters. The number of aromatic nitrogens is 2. The van der Waals surface area contributed by atoms with Crippen LogP contribution >= 0.6 is 23.0 Å². The Kier molecular flexibility index (Phi) is 7.55. The van der Waals surface area contributed by atoms with Crippen LogP contribution in [0.5, 0.6) is 0 Å². The third kappa shape index (κ3) is 5.33. The maximum absolute atomic E-state index is 13.2. The molecule has 0 radical (unpaired) electrons. The number of hydrogen-bond acceptors (Lipinski definition) is 14. The first-order valence-corrected chi connectivity index (χ1v) is 12.6. The number of aromatic amines is 1. The van der Waals surface area contributed by atoms with E-state index in [4.69, 9.17) is 4.74 Å². The molecule has 16 nitrogen and oxygen atoms in total. The first-order chi connectivity index (χ1) is 14.3. The molecule has 0 aromatic carbocycles. The number of aliphatic hydroxyl groups excluding tert-OH is 2. The van der Waals surface area contributed by atoms with Crippen LogP contribution in [0.2, 0.25) is 0 Å². The van der Waals surface area contributed by atoms with Crippen molar-refractivity contribution in [3.8, 4) is 0 Å². The summed E-state index contributed by atoms with van der Waals surface area (Å²) in [5.74, 6) is 0. The highest BCUT2D eigenvalue weighted by Gasteiger charge is 2.49. The molecule has 1 aliphatic heterocycles. The van der Waals surface area contributed by atoms with Crippen LogP contribution in [0.3, 0.4) is 0 Å². The Hall–Kier alpha value is -1.13. The zero-order valence-corrected chi connectivity index (χ0v) is 18.1. The Labute approximate surface area is 175 Å². The summed E-state index contributed by atoms with van der Waals surface area (Å²) in [5.41, 5.74) is -1.89. The number of halogens is 2. The van der Waals surface area contributed by atoms with Crippen LogP contribution in [0.15, 0.2) is 15.8 Å². The molecule has 0 saturated carbocycles. The van der Waals surface area contributed by atoms with Gasteiger partial charge in [0.2, 0.25) is 7.60 Å². The molecule has 2 rings (SSSR count). The van der Waals surface area contributed by atoms with E-state index in [9.17, 15) is 61.9 Å². The molecule has 2 heterocycles. The summed E-state index contributed by atoms with van der Waals surface area (Å²) < 4.78 is 72.2. The van der Waals surface area contributed by atoms with Crippen LogP contribution in [0.25, 0.3) is 0 Å². The summed E-state index contributed by atoms with van der Waals surface area (Å²) in [6.45, 7) is -0.0948. The smallest absolute Gasteiger partial charge is 0.332 e. The van der Waals surface area contributed by atoms with Crippen molar-refractivity contribution in [3.05, 3.63) is 32.6 Å². The molecule has 3 N–H and O–H groups in total. The third-order valence-electron chi connectivity index (χ3n) is 4.02. The van der Waals surface area contributed by atoms with Crippen molar-refractivity contribution >= 4 is 23.0 Å². The second-order valence-corrected chi connectivity index (χ2v) is 11.6. The minimum Gasteiger partial charge on any atom is -0.806 e. The molecule has 1 saturated heterocycles. The molecule has 1 aromatic rings. The Morgan fingerprint density at radius 1 is 1.19 bits per heavy atom. The number of aliphatic hydroxyl groups is 2. The Bertz CT molecular complexity index is 1130. The van der Waals surface area contributed by atoms with Gasteiger partial charge in [0.25, 0.3) is 13.4 Å². The molecular formula is C11H13F2N2O14P3-4. The fourth-order valence-electron chi connectivity index (χ4n) is 2.39. The number of alkyl halides is 2. The maximum atomic E-state index is 13.2. The summed E-state index contributed by atoms with van der Waals surface area (Å²) in [4.78, 5) is 68.6. The number of hydrogen-bond donors (Lipinski definition) is 3. The van der Waals surface area contributed by atoms with Crippen molar-refractivity contribution in [1.82, 2.24) is 9.55 Å². The molecule has 0 spiro atoms. The molecule has 0 aliphatic carbocycles. The first-order valence-electron chi connectivity index (χ1n) is 8.02. The average molecular weight is 528 g/mol. The summed E-state index contributed by atoms with van der Waals surface area (Å²) in [6, 6.07) is 0. The van der Waals surface area contributed by atoms with Crippen LogP contribution in [0.1, 0.15) is 11.8 Å². The zero-order valence-electron chi connectivity index (χ0n) is 15.4. The summed E-state index contributed by atoms with van der Waals surface area (Å²) in [7, 11) is -20.7. The predicted molar refractivity (Wildman–Crippen MR) is 86.8 cm³/mol. The fraction of sp³-hybridized carbons (Fsp3) is 0.636. The Morgan fingerprint density at radius 2 is 1.75 bits per heavy atom. The number of ether oxygens (including phenoxy) is 1. The molecule has 21 heteroatoms. The van der Waals surface area contributed by atoms with Gasteiger partial charge in [0.15, 0.2) is 6.23 Å². The van der Waals surface area contributed by atoms with Crippen molar-refractivity contribution in [2.24, 2.45) is 0 Å². The average Bonchev–Trinajstić information content (AvgIpc) is 2.89. The third-order valence-corrected chi connectivity index (χ3v) is 8.93. The highest BCUT2D eigenvalue weighted by atomic mass is 31.3. The van der Waals surface area contributed by atoms with Crippen molar-refractivity contribution in [3.63, 3.8) is 0 Å². The lowest BCUT2D eigenvalue weighted by atomic mass is 10.1. The topological polar surface area (TPSA) is 266 Å².